The second kappa shape index (κ2) is 5.22. The van der Waals surface area contributed by atoms with Crippen molar-refractivity contribution in [2.24, 2.45) is 0 Å². The second-order valence-corrected chi connectivity index (χ2v) is 5.94. The van der Waals surface area contributed by atoms with Gasteiger partial charge >= 0.3 is 0 Å². The van der Waals surface area contributed by atoms with Crippen LogP contribution in [-0.4, -0.2) is 15.3 Å². The van der Waals surface area contributed by atoms with Crippen LogP contribution in [-0.2, 0) is 6.54 Å². The van der Waals surface area contributed by atoms with Gasteiger partial charge in [0.05, 0.1) is 22.8 Å². The highest BCUT2D eigenvalue weighted by Crippen LogP contribution is 2.31. The first kappa shape index (κ1) is 13.3. The number of ketones is 1. The molecule has 2 aromatic heterocycles. The molecule has 2 aromatic rings. The zero-order chi connectivity index (χ0) is 13.3. The molecule has 2 rings (SSSR count). The number of nitrogens with zero attached hydrogens (tertiary/aromatic N) is 2. The largest absolute Gasteiger partial charge is 0.292 e. The minimum absolute atomic E-state index is 0.0983. The van der Waals surface area contributed by atoms with Crippen molar-refractivity contribution in [3.63, 3.8) is 0 Å². The van der Waals surface area contributed by atoms with Crippen LogP contribution in [0.3, 0.4) is 0 Å². The number of carbonyl (C=O) groups excluding carboxylic acids is 1. The van der Waals surface area contributed by atoms with Crippen molar-refractivity contribution in [1.29, 1.82) is 0 Å². The van der Waals surface area contributed by atoms with Gasteiger partial charge in [0.15, 0.2) is 5.78 Å². The monoisotopic (exact) mass is 302 g/mol. The van der Waals surface area contributed by atoms with Crippen molar-refractivity contribution < 1.29 is 4.79 Å². The fraction of sp³-hybridized carbons (Fsp3) is 0.182. The van der Waals surface area contributed by atoms with Crippen molar-refractivity contribution in [1.82, 2.24) is 9.55 Å². The summed E-state index contributed by atoms with van der Waals surface area (Å²) in [7, 11) is 0. The summed E-state index contributed by atoms with van der Waals surface area (Å²) in [6, 6.07) is 2.87. The number of hydrogen-bond donors (Lipinski definition) is 0. The number of halogens is 2. The Balaban J connectivity index is 2.27. The van der Waals surface area contributed by atoms with Crippen LogP contribution < -0.4 is 5.56 Å². The Kier molecular flexibility index (Phi) is 3.85. The molecule has 0 fully saturated rings. The number of thiophene rings is 1. The number of Topliss-reactive ketones (excluding diaryl/α,β-unsaturated/α-hetero) is 1. The molecule has 0 aliphatic heterocycles. The summed E-state index contributed by atoms with van der Waals surface area (Å²) in [4.78, 5) is 27.5. The standard InChI is InChI=1S/C11H8Cl2N2O2S/c1-6-2-10(17)15(5-14-6)4-8(16)7-3-9(12)18-11(7)13/h2-3,5H,4H2,1H3. The van der Waals surface area contributed by atoms with E-state index in [1.807, 2.05) is 0 Å². The molecule has 2 heterocycles. The van der Waals surface area contributed by atoms with E-state index in [0.717, 1.165) is 11.3 Å². The van der Waals surface area contributed by atoms with Crippen LogP contribution in [0, 0.1) is 6.92 Å². The minimum atomic E-state index is -0.270. The molecule has 0 atom stereocenters. The summed E-state index contributed by atoms with van der Waals surface area (Å²) in [5.41, 5.74) is 0.674. The summed E-state index contributed by atoms with van der Waals surface area (Å²) < 4.78 is 2.01. The molecule has 18 heavy (non-hydrogen) atoms. The molecule has 0 unspecified atom stereocenters. The number of rotatable bonds is 3. The number of aryl methyl sites for hydroxylation is 1. The van der Waals surface area contributed by atoms with Crippen molar-refractivity contribution in [2.75, 3.05) is 0 Å². The van der Waals surface area contributed by atoms with Gasteiger partial charge in [0.25, 0.3) is 5.56 Å². The Morgan fingerprint density at radius 3 is 2.72 bits per heavy atom. The maximum atomic E-state index is 12.0. The quantitative estimate of drug-likeness (QED) is 0.819. The number of aromatic nitrogens is 2. The lowest BCUT2D eigenvalue weighted by Crippen LogP contribution is -2.24. The minimum Gasteiger partial charge on any atom is -0.292 e. The summed E-state index contributed by atoms with van der Waals surface area (Å²) >= 11 is 12.8. The van der Waals surface area contributed by atoms with E-state index in [9.17, 15) is 9.59 Å². The first-order valence-electron chi connectivity index (χ1n) is 4.98. The van der Waals surface area contributed by atoms with Gasteiger partial charge in [-0.05, 0) is 13.0 Å². The molecule has 0 saturated heterocycles. The molecule has 4 nitrogen and oxygen atoms in total. The Morgan fingerprint density at radius 1 is 1.44 bits per heavy atom. The van der Waals surface area contributed by atoms with Gasteiger partial charge in [0, 0.05) is 11.8 Å². The average Bonchev–Trinajstić information content (AvgIpc) is 2.62. The van der Waals surface area contributed by atoms with E-state index in [2.05, 4.69) is 4.98 Å². The molecule has 0 bridgehead atoms. The van der Waals surface area contributed by atoms with Crippen LogP contribution >= 0.6 is 34.5 Å². The fourth-order valence-electron chi connectivity index (χ4n) is 1.41. The van der Waals surface area contributed by atoms with Gasteiger partial charge in [-0.1, -0.05) is 23.2 Å². The average molecular weight is 303 g/mol. The highest BCUT2D eigenvalue weighted by Gasteiger charge is 2.15. The third-order valence-corrected chi connectivity index (χ3v) is 3.77. The van der Waals surface area contributed by atoms with Crippen LogP contribution in [0.4, 0.5) is 0 Å². The number of hydrogen-bond acceptors (Lipinski definition) is 4. The van der Waals surface area contributed by atoms with Crippen LogP contribution in [0.5, 0.6) is 0 Å². The van der Waals surface area contributed by atoms with Crippen LogP contribution in [0.2, 0.25) is 8.67 Å². The molecular weight excluding hydrogens is 295 g/mol. The fourth-order valence-corrected chi connectivity index (χ4v) is 2.90. The maximum Gasteiger partial charge on any atom is 0.253 e. The molecular formula is C11H8Cl2N2O2S. The van der Waals surface area contributed by atoms with E-state index in [1.165, 1.54) is 23.0 Å². The third-order valence-electron chi connectivity index (χ3n) is 2.29. The predicted octanol–water partition coefficient (Wildman–Crippen LogP) is 2.80. The summed E-state index contributed by atoms with van der Waals surface area (Å²) in [6.45, 7) is 1.61. The van der Waals surface area contributed by atoms with E-state index in [0.29, 0.717) is 19.9 Å². The van der Waals surface area contributed by atoms with E-state index in [-0.39, 0.29) is 17.9 Å². The van der Waals surface area contributed by atoms with E-state index < -0.39 is 0 Å². The van der Waals surface area contributed by atoms with Crippen LogP contribution in [0.15, 0.2) is 23.3 Å². The molecule has 0 radical (unpaired) electrons. The molecule has 0 aromatic carbocycles. The summed E-state index contributed by atoms with van der Waals surface area (Å²) in [6.07, 6.45) is 1.34. The number of carbonyl (C=O) groups is 1. The third kappa shape index (κ3) is 2.80. The Hall–Kier alpha value is -1.17. The van der Waals surface area contributed by atoms with Crippen LogP contribution in [0.25, 0.3) is 0 Å². The van der Waals surface area contributed by atoms with Gasteiger partial charge < -0.3 is 0 Å². The highest BCUT2D eigenvalue weighted by atomic mass is 35.5. The predicted molar refractivity (Wildman–Crippen MR) is 71.9 cm³/mol. The van der Waals surface area contributed by atoms with Gasteiger partial charge in [0.1, 0.15) is 4.34 Å². The van der Waals surface area contributed by atoms with Gasteiger partial charge in [0.2, 0.25) is 0 Å². The summed E-state index contributed by atoms with van der Waals surface area (Å²) in [5.74, 6) is -0.268. The zero-order valence-corrected chi connectivity index (χ0v) is 11.6. The molecule has 94 valence electrons. The smallest absolute Gasteiger partial charge is 0.253 e. The van der Waals surface area contributed by atoms with Gasteiger partial charge in [-0.25, -0.2) is 4.98 Å². The lowest BCUT2D eigenvalue weighted by atomic mass is 10.2. The molecule has 0 amide bonds. The Morgan fingerprint density at radius 2 is 2.17 bits per heavy atom. The van der Waals surface area contributed by atoms with E-state index in [1.54, 1.807) is 6.92 Å². The lowest BCUT2D eigenvalue weighted by Gasteiger charge is -2.03. The molecule has 0 spiro atoms. The maximum absolute atomic E-state index is 12.0. The Bertz CT molecular complexity index is 663. The van der Waals surface area contributed by atoms with Crippen molar-refractivity contribution in [2.45, 2.75) is 13.5 Å². The van der Waals surface area contributed by atoms with Crippen LogP contribution in [0.1, 0.15) is 16.1 Å². The molecule has 0 aliphatic rings. The van der Waals surface area contributed by atoms with Crippen molar-refractivity contribution in [3.05, 3.63) is 48.7 Å². The van der Waals surface area contributed by atoms with E-state index >= 15 is 0 Å². The first-order chi connectivity index (χ1) is 8.47. The zero-order valence-electron chi connectivity index (χ0n) is 9.31. The molecule has 0 aliphatic carbocycles. The summed E-state index contributed by atoms with van der Waals surface area (Å²) in [5, 5.41) is 0. The molecule has 0 saturated carbocycles. The first-order valence-corrected chi connectivity index (χ1v) is 6.55. The highest BCUT2D eigenvalue weighted by molar-refractivity contribution is 7.20. The van der Waals surface area contributed by atoms with Crippen molar-refractivity contribution >= 4 is 40.3 Å². The molecule has 7 heteroatoms. The van der Waals surface area contributed by atoms with Gasteiger partial charge in [-0.2, -0.15) is 0 Å². The SMILES string of the molecule is Cc1cc(=O)n(CC(=O)c2cc(Cl)sc2Cl)cn1. The van der Waals surface area contributed by atoms with E-state index in [4.69, 9.17) is 23.2 Å². The second-order valence-electron chi connectivity index (χ2n) is 3.66. The Labute approximate surface area is 117 Å². The lowest BCUT2D eigenvalue weighted by molar-refractivity contribution is 0.0971. The molecule has 0 N–H and O–H groups in total. The van der Waals surface area contributed by atoms with Gasteiger partial charge in [-0.3, -0.25) is 14.2 Å². The normalized spacial score (nSPS) is 10.6. The van der Waals surface area contributed by atoms with Crippen molar-refractivity contribution in [3.8, 4) is 0 Å². The van der Waals surface area contributed by atoms with Gasteiger partial charge in [-0.15, -0.1) is 11.3 Å². The topological polar surface area (TPSA) is 52.0 Å².